The number of fused-ring (bicyclic) bond motifs is 1. The number of nitrogens with zero attached hydrogens (tertiary/aromatic N) is 4. The molecule has 1 saturated heterocycles. The van der Waals surface area contributed by atoms with Gasteiger partial charge in [-0.1, -0.05) is 32.0 Å². The zero-order chi connectivity index (χ0) is 32.1. The molecule has 238 valence electrons. The highest BCUT2D eigenvalue weighted by Gasteiger charge is 2.43. The van der Waals surface area contributed by atoms with E-state index in [0.717, 1.165) is 37.4 Å². The van der Waals surface area contributed by atoms with Crippen molar-refractivity contribution in [1.82, 2.24) is 20.1 Å². The number of methoxy groups -OCH3 is 2. The maximum absolute atomic E-state index is 14.3. The van der Waals surface area contributed by atoms with Gasteiger partial charge < -0.3 is 19.7 Å². The number of nitrogens with one attached hydrogen (secondary N) is 1. The molecule has 3 heterocycles. The number of benzene rings is 2. The normalized spacial score (nSPS) is 16.5. The second kappa shape index (κ2) is 14.1. The van der Waals surface area contributed by atoms with E-state index in [1.54, 1.807) is 32.5 Å². The molecule has 45 heavy (non-hydrogen) atoms. The molecule has 10 heteroatoms. The van der Waals surface area contributed by atoms with Gasteiger partial charge in [-0.05, 0) is 61.2 Å². The van der Waals surface area contributed by atoms with Crippen LogP contribution in [0.4, 0.5) is 5.69 Å². The smallest absolute Gasteiger partial charge is 0.264 e. The number of piperazine rings is 1. The third-order valence-electron chi connectivity index (χ3n) is 8.88. The Hall–Kier alpha value is -4.44. The Morgan fingerprint density at radius 2 is 1.67 bits per heavy atom. The largest absolute Gasteiger partial charge is 0.493 e. The van der Waals surface area contributed by atoms with Crippen molar-refractivity contribution in [2.24, 2.45) is 5.92 Å². The Kier molecular flexibility index (Phi) is 10.0. The van der Waals surface area contributed by atoms with Crippen molar-refractivity contribution in [3.63, 3.8) is 0 Å². The Bertz CT molecular complexity index is 1520. The van der Waals surface area contributed by atoms with Gasteiger partial charge in [-0.2, -0.15) is 0 Å². The summed E-state index contributed by atoms with van der Waals surface area (Å²) in [5.74, 6) is 0.309. The summed E-state index contributed by atoms with van der Waals surface area (Å²) in [7, 11) is 3.13. The maximum Gasteiger partial charge on any atom is 0.264 e. The molecular weight excluding hydrogens is 570 g/mol. The number of aromatic nitrogens is 1. The van der Waals surface area contributed by atoms with Crippen LogP contribution >= 0.6 is 0 Å². The molecule has 3 aromatic rings. The molecule has 2 aliphatic heterocycles. The van der Waals surface area contributed by atoms with E-state index in [2.05, 4.69) is 33.1 Å². The summed E-state index contributed by atoms with van der Waals surface area (Å²) in [6, 6.07) is 14.8. The van der Waals surface area contributed by atoms with Crippen molar-refractivity contribution in [3.8, 4) is 11.5 Å². The molecule has 0 unspecified atom stereocenters. The molecular formula is C35H43N5O5. The van der Waals surface area contributed by atoms with Crippen LogP contribution in [0.2, 0.25) is 0 Å². The van der Waals surface area contributed by atoms with E-state index in [-0.39, 0.29) is 29.7 Å². The van der Waals surface area contributed by atoms with Gasteiger partial charge in [-0.15, -0.1) is 0 Å². The summed E-state index contributed by atoms with van der Waals surface area (Å²) >= 11 is 0. The van der Waals surface area contributed by atoms with Crippen LogP contribution < -0.4 is 19.7 Å². The predicted octanol–water partition coefficient (Wildman–Crippen LogP) is 4.87. The van der Waals surface area contributed by atoms with Crippen molar-refractivity contribution >= 4 is 23.4 Å². The SMILES string of the molecule is COc1ccc([C@@H](CCCNC(=O)C(C)C)N2C(=O)c3cccc(N4CCN([C@H](C)c5cccnc5)CC4)c3C2=O)cc1OC. The molecule has 10 nitrogen and oxygen atoms in total. The first-order valence-corrected chi connectivity index (χ1v) is 15.6. The van der Waals surface area contributed by atoms with Crippen molar-refractivity contribution in [1.29, 1.82) is 0 Å². The van der Waals surface area contributed by atoms with Gasteiger partial charge in [0, 0.05) is 57.1 Å². The highest BCUT2D eigenvalue weighted by atomic mass is 16.5. The van der Waals surface area contributed by atoms with Crippen LogP contribution in [0.3, 0.4) is 0 Å². The number of ether oxygens (including phenoxy) is 2. The number of hydrogen-bond acceptors (Lipinski definition) is 8. The highest BCUT2D eigenvalue weighted by molar-refractivity contribution is 6.24. The lowest BCUT2D eigenvalue weighted by Gasteiger charge is -2.39. The fraction of sp³-hybridized carbons (Fsp3) is 0.429. The summed E-state index contributed by atoms with van der Waals surface area (Å²) in [6.07, 6.45) is 4.74. The molecule has 0 radical (unpaired) electrons. The summed E-state index contributed by atoms with van der Waals surface area (Å²) < 4.78 is 11.0. The third kappa shape index (κ3) is 6.66. The number of imide groups is 1. The van der Waals surface area contributed by atoms with E-state index in [1.165, 1.54) is 10.5 Å². The number of pyridine rings is 1. The lowest BCUT2D eigenvalue weighted by Crippen LogP contribution is -2.47. The molecule has 0 bridgehead atoms. The molecule has 1 N–H and O–H groups in total. The average molecular weight is 614 g/mol. The van der Waals surface area contributed by atoms with E-state index in [0.29, 0.717) is 42.0 Å². The van der Waals surface area contributed by atoms with Crippen LogP contribution in [-0.2, 0) is 4.79 Å². The van der Waals surface area contributed by atoms with E-state index >= 15 is 0 Å². The van der Waals surface area contributed by atoms with Crippen LogP contribution in [-0.4, -0.2) is 79.4 Å². The van der Waals surface area contributed by atoms with E-state index in [4.69, 9.17) is 9.47 Å². The van der Waals surface area contributed by atoms with Gasteiger partial charge in [0.1, 0.15) is 0 Å². The maximum atomic E-state index is 14.3. The number of amides is 3. The van der Waals surface area contributed by atoms with Crippen LogP contribution in [0, 0.1) is 5.92 Å². The summed E-state index contributed by atoms with van der Waals surface area (Å²) in [4.78, 5) is 50.8. The second-order valence-electron chi connectivity index (χ2n) is 11.9. The minimum Gasteiger partial charge on any atom is -0.493 e. The van der Waals surface area contributed by atoms with Crippen LogP contribution in [0.5, 0.6) is 11.5 Å². The molecule has 0 spiro atoms. The minimum atomic E-state index is -0.557. The Labute approximate surface area is 265 Å². The van der Waals surface area contributed by atoms with Crippen molar-refractivity contribution in [2.75, 3.05) is 51.8 Å². The van der Waals surface area contributed by atoms with E-state index in [9.17, 15) is 14.4 Å². The van der Waals surface area contributed by atoms with Gasteiger partial charge in [0.2, 0.25) is 5.91 Å². The molecule has 0 saturated carbocycles. The quantitative estimate of drug-likeness (QED) is 0.228. The molecule has 2 aromatic carbocycles. The Morgan fingerprint density at radius 3 is 2.33 bits per heavy atom. The van der Waals surface area contributed by atoms with Crippen molar-refractivity contribution < 1.29 is 23.9 Å². The van der Waals surface area contributed by atoms with Gasteiger partial charge in [0.15, 0.2) is 11.5 Å². The number of anilines is 1. The topological polar surface area (TPSA) is 104 Å². The molecule has 1 fully saturated rings. The first kappa shape index (κ1) is 32.0. The van der Waals surface area contributed by atoms with Crippen molar-refractivity contribution in [2.45, 2.75) is 45.7 Å². The summed E-state index contributed by atoms with van der Waals surface area (Å²) in [5, 5.41) is 2.95. The van der Waals surface area contributed by atoms with Gasteiger partial charge in [-0.25, -0.2) is 0 Å². The average Bonchev–Trinajstić information content (AvgIpc) is 3.33. The summed E-state index contributed by atoms with van der Waals surface area (Å²) in [5.41, 5.74) is 3.60. The van der Waals surface area contributed by atoms with E-state index < -0.39 is 6.04 Å². The predicted molar refractivity (Wildman–Crippen MR) is 173 cm³/mol. The first-order valence-electron chi connectivity index (χ1n) is 15.6. The van der Waals surface area contributed by atoms with Crippen LogP contribution in [0.15, 0.2) is 60.9 Å². The lowest BCUT2D eigenvalue weighted by atomic mass is 9.99. The number of carbonyl (C=O) groups excluding carboxylic acids is 3. The number of carbonyl (C=O) groups is 3. The molecule has 1 aromatic heterocycles. The highest BCUT2D eigenvalue weighted by Crippen LogP contribution is 2.40. The van der Waals surface area contributed by atoms with Crippen LogP contribution in [0.1, 0.15) is 77.5 Å². The molecule has 2 aliphatic rings. The van der Waals surface area contributed by atoms with E-state index in [1.807, 2.05) is 50.4 Å². The lowest BCUT2D eigenvalue weighted by molar-refractivity contribution is -0.124. The number of hydrogen-bond donors (Lipinski definition) is 1. The zero-order valence-corrected chi connectivity index (χ0v) is 26.8. The first-order chi connectivity index (χ1) is 21.7. The molecule has 2 atom stereocenters. The van der Waals surface area contributed by atoms with Crippen molar-refractivity contribution in [3.05, 3.63) is 83.2 Å². The van der Waals surface area contributed by atoms with Gasteiger partial charge in [0.25, 0.3) is 11.8 Å². The number of rotatable bonds is 12. The zero-order valence-electron chi connectivity index (χ0n) is 26.8. The monoisotopic (exact) mass is 613 g/mol. The third-order valence-corrected chi connectivity index (χ3v) is 8.88. The molecule has 0 aliphatic carbocycles. The van der Waals surface area contributed by atoms with Gasteiger partial charge in [-0.3, -0.25) is 29.2 Å². The fourth-order valence-corrected chi connectivity index (χ4v) is 6.23. The Balaban J connectivity index is 1.39. The molecule has 3 amide bonds. The van der Waals surface area contributed by atoms with Gasteiger partial charge >= 0.3 is 0 Å². The molecule has 5 rings (SSSR count). The Morgan fingerprint density at radius 1 is 0.911 bits per heavy atom. The van der Waals surface area contributed by atoms with Crippen LogP contribution in [0.25, 0.3) is 0 Å². The second-order valence-corrected chi connectivity index (χ2v) is 11.9. The fourth-order valence-electron chi connectivity index (χ4n) is 6.23. The minimum absolute atomic E-state index is 0.0297. The summed E-state index contributed by atoms with van der Waals surface area (Å²) in [6.45, 7) is 9.43. The van der Waals surface area contributed by atoms with Gasteiger partial charge in [0.05, 0.1) is 37.1 Å². The standard InChI is InChI=1S/C35H43N5O5/c1-23(2)33(41)37-16-8-12-28(25-13-14-30(44-4)31(21-25)45-5)40-34(42)27-10-6-11-29(32(27)35(40)43)39-19-17-38(18-20-39)24(3)26-9-7-15-36-22-26/h6-7,9-11,13-15,21-24,28H,8,12,16-20H2,1-5H3,(H,37,41)/t24-,28-/m1/s1.